The molecule has 2 atom stereocenters. The smallest absolute Gasteiger partial charge is 0.433 e. The molecule has 1 aliphatic heterocycles. The SMILES string of the molecule is CCCc1ccc(OC)c(-c2ccc(C(F)(F)F)nc2CN2C(=O)S[C@H](c3cc(C(F)(F)F)cc(C(F)(F)F)c3)[C@@H]2C)c1. The van der Waals surface area contributed by atoms with Gasteiger partial charge in [0, 0.05) is 17.2 Å². The Morgan fingerprint density at radius 3 is 2.02 bits per heavy atom. The number of carbonyl (C=O) groups is 1. The predicted molar refractivity (Wildman–Crippen MR) is 142 cm³/mol. The number of alkyl halides is 9. The highest BCUT2D eigenvalue weighted by Gasteiger charge is 2.43. The normalized spacial score (nSPS) is 18.0. The molecule has 2 aromatic carbocycles. The van der Waals surface area contributed by atoms with Crippen LogP contribution >= 0.6 is 11.8 Å². The molecule has 0 aliphatic carbocycles. The maximum absolute atomic E-state index is 13.7. The number of aryl methyl sites for hydroxylation is 1. The molecule has 1 amide bonds. The van der Waals surface area contributed by atoms with Gasteiger partial charge in [-0.15, -0.1) is 0 Å². The number of thioether (sulfide) groups is 1. The number of benzene rings is 2. The monoisotopic (exact) mass is 636 g/mol. The van der Waals surface area contributed by atoms with Crippen LogP contribution in [0.25, 0.3) is 11.1 Å². The molecule has 1 saturated heterocycles. The van der Waals surface area contributed by atoms with Crippen LogP contribution in [0.2, 0.25) is 0 Å². The molecule has 0 radical (unpaired) electrons. The summed E-state index contributed by atoms with van der Waals surface area (Å²) in [5.41, 5.74) is -3.32. The Morgan fingerprint density at radius 2 is 1.49 bits per heavy atom. The van der Waals surface area contributed by atoms with E-state index in [-0.39, 0.29) is 22.9 Å². The highest BCUT2D eigenvalue weighted by Crippen LogP contribution is 2.47. The lowest BCUT2D eigenvalue weighted by atomic mass is 9.97. The Kier molecular flexibility index (Phi) is 9.01. The van der Waals surface area contributed by atoms with Crippen LogP contribution in [0.5, 0.6) is 5.75 Å². The molecular weight excluding hydrogens is 611 g/mol. The second-order valence-corrected chi connectivity index (χ2v) is 11.1. The molecule has 2 heterocycles. The minimum atomic E-state index is -5.09. The number of aromatic nitrogens is 1. The van der Waals surface area contributed by atoms with Gasteiger partial charge in [-0.1, -0.05) is 37.2 Å². The molecule has 4 nitrogen and oxygen atoms in total. The van der Waals surface area contributed by atoms with E-state index in [2.05, 4.69) is 4.98 Å². The maximum atomic E-state index is 13.7. The van der Waals surface area contributed by atoms with Crippen molar-refractivity contribution in [1.82, 2.24) is 9.88 Å². The summed E-state index contributed by atoms with van der Waals surface area (Å²) in [6, 6.07) is 7.30. The van der Waals surface area contributed by atoms with Gasteiger partial charge in [-0.25, -0.2) is 4.98 Å². The lowest BCUT2D eigenvalue weighted by molar-refractivity contribution is -0.143. The zero-order valence-electron chi connectivity index (χ0n) is 22.9. The van der Waals surface area contributed by atoms with E-state index in [4.69, 9.17) is 4.74 Å². The van der Waals surface area contributed by atoms with Crippen molar-refractivity contribution in [3.63, 3.8) is 0 Å². The van der Waals surface area contributed by atoms with Crippen LogP contribution in [0.4, 0.5) is 44.3 Å². The molecule has 1 aromatic heterocycles. The number of hydrogen-bond donors (Lipinski definition) is 0. The van der Waals surface area contributed by atoms with Gasteiger partial charge < -0.3 is 9.64 Å². The summed E-state index contributed by atoms with van der Waals surface area (Å²) in [4.78, 5) is 18.0. The quantitative estimate of drug-likeness (QED) is 0.242. The standard InChI is InChI=1S/C29H25F9N2O2S/c1-4-5-16-6-8-23(42-3)21(10-16)20-7-9-24(29(36,37)38)39-22(20)14-40-15(2)25(43-26(40)41)17-11-18(27(30,31)32)13-19(12-17)28(33,34)35/h6-13,15,25H,4-5,14H2,1-3H3/t15-,25-/m0/s1. The van der Waals surface area contributed by atoms with Crippen molar-refractivity contribution in [3.8, 4) is 16.9 Å². The minimum Gasteiger partial charge on any atom is -0.496 e. The number of amides is 1. The topological polar surface area (TPSA) is 42.4 Å². The lowest BCUT2D eigenvalue weighted by Gasteiger charge is -2.26. The van der Waals surface area contributed by atoms with E-state index in [9.17, 15) is 44.3 Å². The fourth-order valence-electron chi connectivity index (χ4n) is 4.90. The molecule has 232 valence electrons. The van der Waals surface area contributed by atoms with Crippen molar-refractivity contribution in [2.24, 2.45) is 0 Å². The van der Waals surface area contributed by atoms with Gasteiger partial charge in [0.2, 0.25) is 0 Å². The Morgan fingerprint density at radius 1 is 0.860 bits per heavy atom. The van der Waals surface area contributed by atoms with Crippen LogP contribution in [0.3, 0.4) is 0 Å². The second kappa shape index (κ2) is 11.9. The van der Waals surface area contributed by atoms with Gasteiger partial charge in [0.1, 0.15) is 11.4 Å². The van der Waals surface area contributed by atoms with Gasteiger partial charge in [0.25, 0.3) is 5.24 Å². The summed E-state index contributed by atoms with van der Waals surface area (Å²) in [6.45, 7) is 2.87. The average molecular weight is 637 g/mol. The van der Waals surface area contributed by atoms with Crippen LogP contribution in [0, 0.1) is 0 Å². The molecule has 43 heavy (non-hydrogen) atoms. The first-order valence-corrected chi connectivity index (χ1v) is 13.8. The number of hydrogen-bond acceptors (Lipinski definition) is 4. The number of halogens is 9. The van der Waals surface area contributed by atoms with Gasteiger partial charge in [-0.05, 0) is 60.9 Å². The van der Waals surface area contributed by atoms with Crippen LogP contribution in [-0.4, -0.2) is 28.3 Å². The highest BCUT2D eigenvalue weighted by molar-refractivity contribution is 8.14. The summed E-state index contributed by atoms with van der Waals surface area (Å²) in [6.07, 6.45) is -13.6. The van der Waals surface area contributed by atoms with Gasteiger partial charge in [-0.3, -0.25) is 4.79 Å². The molecule has 14 heteroatoms. The molecule has 4 rings (SSSR count). The number of rotatable bonds is 7. The average Bonchev–Trinajstić information content (AvgIpc) is 3.20. The third-order valence-electron chi connectivity index (χ3n) is 7.01. The highest BCUT2D eigenvalue weighted by atomic mass is 32.2. The van der Waals surface area contributed by atoms with E-state index in [1.807, 2.05) is 6.92 Å². The van der Waals surface area contributed by atoms with Crippen LogP contribution in [0.15, 0.2) is 48.5 Å². The van der Waals surface area contributed by atoms with Crippen LogP contribution in [-0.2, 0) is 31.5 Å². The van der Waals surface area contributed by atoms with Crippen molar-refractivity contribution in [2.75, 3.05) is 7.11 Å². The predicted octanol–water partition coefficient (Wildman–Crippen LogP) is 9.56. The van der Waals surface area contributed by atoms with Gasteiger partial charge in [0.15, 0.2) is 0 Å². The van der Waals surface area contributed by atoms with Crippen molar-refractivity contribution in [3.05, 3.63) is 82.2 Å². The Bertz CT molecular complexity index is 1470. The van der Waals surface area contributed by atoms with Crippen molar-refractivity contribution >= 4 is 17.0 Å². The molecule has 1 aliphatic rings. The largest absolute Gasteiger partial charge is 0.496 e. The zero-order valence-corrected chi connectivity index (χ0v) is 23.7. The fourth-order valence-corrected chi connectivity index (χ4v) is 6.10. The first kappa shape index (κ1) is 32.5. The Labute approximate surface area is 245 Å². The number of nitrogens with zero attached hydrogens (tertiary/aromatic N) is 2. The molecule has 0 unspecified atom stereocenters. The zero-order chi connectivity index (χ0) is 31.9. The van der Waals surface area contributed by atoms with E-state index < -0.39 is 58.4 Å². The first-order chi connectivity index (χ1) is 19.9. The van der Waals surface area contributed by atoms with Gasteiger partial charge >= 0.3 is 18.5 Å². The van der Waals surface area contributed by atoms with E-state index >= 15 is 0 Å². The number of carbonyl (C=O) groups excluding carboxylic acids is 1. The van der Waals surface area contributed by atoms with Crippen LogP contribution < -0.4 is 4.74 Å². The number of pyridine rings is 1. The molecule has 3 aromatic rings. The second-order valence-electron chi connectivity index (χ2n) is 9.99. The van der Waals surface area contributed by atoms with E-state index in [1.165, 1.54) is 20.1 Å². The molecule has 0 spiro atoms. The molecular formula is C29H25F9N2O2S. The molecule has 0 saturated carbocycles. The van der Waals surface area contributed by atoms with Crippen molar-refractivity contribution in [2.45, 2.75) is 63.1 Å². The molecule has 0 N–H and O–H groups in total. The fraction of sp³-hybridized carbons (Fsp3) is 0.379. The van der Waals surface area contributed by atoms with E-state index in [0.29, 0.717) is 41.6 Å². The van der Waals surface area contributed by atoms with Crippen molar-refractivity contribution in [1.29, 1.82) is 0 Å². The Balaban J connectivity index is 1.79. The summed E-state index contributed by atoms with van der Waals surface area (Å²) < 4.78 is 127. The summed E-state index contributed by atoms with van der Waals surface area (Å²) in [5.74, 6) is 0.333. The summed E-state index contributed by atoms with van der Waals surface area (Å²) in [5, 5.41) is -1.91. The van der Waals surface area contributed by atoms with Crippen molar-refractivity contribution < 1.29 is 49.0 Å². The van der Waals surface area contributed by atoms with Gasteiger partial charge in [0.05, 0.1) is 35.7 Å². The first-order valence-electron chi connectivity index (χ1n) is 12.9. The number of methoxy groups -OCH3 is 1. The maximum Gasteiger partial charge on any atom is 0.433 e. The third-order valence-corrected chi connectivity index (χ3v) is 8.36. The Hall–Kier alpha value is -3.42. The summed E-state index contributed by atoms with van der Waals surface area (Å²) in [7, 11) is 1.38. The summed E-state index contributed by atoms with van der Waals surface area (Å²) >= 11 is 0.499. The number of ether oxygens (including phenoxy) is 1. The molecule has 1 fully saturated rings. The third kappa shape index (κ3) is 7.05. The minimum absolute atomic E-state index is 0.00769. The lowest BCUT2D eigenvalue weighted by Crippen LogP contribution is -2.32. The van der Waals surface area contributed by atoms with Gasteiger partial charge in [-0.2, -0.15) is 39.5 Å². The van der Waals surface area contributed by atoms with E-state index in [0.717, 1.165) is 23.0 Å². The molecule has 0 bridgehead atoms. The van der Waals surface area contributed by atoms with E-state index in [1.54, 1.807) is 18.2 Å². The van der Waals surface area contributed by atoms with Crippen LogP contribution in [0.1, 0.15) is 59.2 Å².